The van der Waals surface area contributed by atoms with Crippen LogP contribution in [0.1, 0.15) is 40.0 Å². The number of fused-ring (bicyclic) bond motifs is 2. The van der Waals surface area contributed by atoms with Gasteiger partial charge in [0.25, 0.3) is 5.91 Å². The van der Waals surface area contributed by atoms with E-state index in [1.54, 1.807) is 20.8 Å². The largest absolute Gasteiger partial charge is 0.444 e. The molecule has 3 atom stereocenters. The third-order valence-electron chi connectivity index (χ3n) is 5.17. The second-order valence-electron chi connectivity index (χ2n) is 8.42. The molecular weight excluding hydrogens is 370 g/mol. The van der Waals surface area contributed by atoms with E-state index in [0.717, 1.165) is 0 Å². The van der Waals surface area contributed by atoms with E-state index in [9.17, 15) is 24.4 Å². The number of hydrogen-bond donors (Lipinski definition) is 3. The molecule has 5 amide bonds. The molecule has 0 aromatic rings. The van der Waals surface area contributed by atoms with E-state index in [2.05, 4.69) is 10.9 Å². The zero-order chi connectivity index (χ0) is 20.6. The Balaban J connectivity index is 1.46. The first-order valence-corrected chi connectivity index (χ1v) is 9.43. The van der Waals surface area contributed by atoms with Gasteiger partial charge in [0.2, 0.25) is 5.91 Å². The van der Waals surface area contributed by atoms with Gasteiger partial charge in [-0.2, -0.15) is 0 Å². The molecule has 0 aromatic carbocycles. The first kappa shape index (κ1) is 20.2. The quantitative estimate of drug-likeness (QED) is 0.446. The first-order chi connectivity index (χ1) is 13.1. The zero-order valence-corrected chi connectivity index (χ0v) is 16.3. The number of hydrogen-bond acceptors (Lipinski definition) is 6. The van der Waals surface area contributed by atoms with Crippen molar-refractivity contribution in [2.45, 2.75) is 57.7 Å². The van der Waals surface area contributed by atoms with E-state index < -0.39 is 41.5 Å². The summed E-state index contributed by atoms with van der Waals surface area (Å²) in [6, 6.07) is -1.62. The fourth-order valence-corrected chi connectivity index (χ4v) is 3.70. The highest BCUT2D eigenvalue weighted by atomic mass is 16.6. The molecule has 3 aliphatic rings. The van der Waals surface area contributed by atoms with Crippen molar-refractivity contribution in [3.05, 3.63) is 0 Å². The number of amides is 5. The lowest BCUT2D eigenvalue weighted by Gasteiger charge is -2.29. The zero-order valence-electron chi connectivity index (χ0n) is 16.3. The molecule has 0 aromatic heterocycles. The van der Waals surface area contributed by atoms with E-state index in [1.807, 2.05) is 0 Å². The number of rotatable bonds is 2. The van der Waals surface area contributed by atoms with Crippen molar-refractivity contribution in [2.75, 3.05) is 19.6 Å². The molecule has 156 valence electrons. The Morgan fingerprint density at radius 1 is 1.07 bits per heavy atom. The Kier molecular flexibility index (Phi) is 5.37. The molecule has 11 nitrogen and oxygen atoms in total. The van der Waals surface area contributed by atoms with Crippen LogP contribution in [0.25, 0.3) is 0 Å². The van der Waals surface area contributed by atoms with Crippen LogP contribution in [0.5, 0.6) is 0 Å². The summed E-state index contributed by atoms with van der Waals surface area (Å²) in [5.41, 5.74) is 4.14. The molecule has 3 fully saturated rings. The Hall–Kier alpha value is -2.56. The average molecular weight is 397 g/mol. The summed E-state index contributed by atoms with van der Waals surface area (Å²) in [5.74, 6) is -1.35. The number of ether oxygens (including phenoxy) is 1. The van der Waals surface area contributed by atoms with Crippen molar-refractivity contribution < 1.29 is 29.1 Å². The Labute approximate surface area is 162 Å². The monoisotopic (exact) mass is 397 g/mol. The number of hydrazine groups is 1. The summed E-state index contributed by atoms with van der Waals surface area (Å²) in [4.78, 5) is 51.5. The summed E-state index contributed by atoms with van der Waals surface area (Å²) >= 11 is 0. The van der Waals surface area contributed by atoms with E-state index in [-0.39, 0.29) is 19.1 Å². The molecule has 11 heteroatoms. The fourth-order valence-electron chi connectivity index (χ4n) is 3.70. The predicted molar refractivity (Wildman–Crippen MR) is 94.7 cm³/mol. The van der Waals surface area contributed by atoms with Crippen LogP contribution in [0, 0.1) is 5.92 Å². The van der Waals surface area contributed by atoms with Gasteiger partial charge in [-0.15, -0.1) is 0 Å². The third kappa shape index (κ3) is 4.13. The molecule has 3 aliphatic heterocycles. The highest BCUT2D eigenvalue weighted by molar-refractivity contribution is 5.90. The van der Waals surface area contributed by atoms with Crippen LogP contribution in [0.2, 0.25) is 0 Å². The second-order valence-corrected chi connectivity index (χ2v) is 8.42. The number of likely N-dealkylation sites (tertiary alicyclic amines) is 1. The third-order valence-corrected chi connectivity index (χ3v) is 5.17. The van der Waals surface area contributed by atoms with Gasteiger partial charge in [-0.1, -0.05) is 0 Å². The highest BCUT2D eigenvalue weighted by Gasteiger charge is 2.47. The summed E-state index contributed by atoms with van der Waals surface area (Å²) < 4.78 is 5.30. The minimum atomic E-state index is -0.733. The van der Waals surface area contributed by atoms with Crippen molar-refractivity contribution in [1.29, 1.82) is 0 Å². The van der Waals surface area contributed by atoms with Gasteiger partial charge < -0.3 is 14.5 Å². The van der Waals surface area contributed by atoms with Crippen LogP contribution in [0.3, 0.4) is 0 Å². The normalized spacial score (nSPS) is 27.1. The average Bonchev–Trinajstić information content (AvgIpc) is 3.19. The van der Waals surface area contributed by atoms with Gasteiger partial charge in [-0.05, 0) is 40.0 Å². The van der Waals surface area contributed by atoms with Gasteiger partial charge in [0.05, 0.1) is 12.0 Å². The fraction of sp³-hybridized carbons (Fsp3) is 0.765. The van der Waals surface area contributed by atoms with E-state index >= 15 is 0 Å². The molecule has 0 unspecified atom stereocenters. The lowest BCUT2D eigenvalue weighted by atomic mass is 10.0. The molecule has 3 heterocycles. The molecule has 0 aliphatic carbocycles. The summed E-state index contributed by atoms with van der Waals surface area (Å²) in [6.07, 6.45) is 0.920. The maximum atomic E-state index is 12.4. The minimum Gasteiger partial charge on any atom is -0.444 e. The molecular formula is C17H27N5O6. The number of carbonyl (C=O) groups is 4. The van der Waals surface area contributed by atoms with Gasteiger partial charge in [0.1, 0.15) is 11.6 Å². The minimum absolute atomic E-state index is 0.214. The van der Waals surface area contributed by atoms with Crippen molar-refractivity contribution >= 4 is 23.9 Å². The Morgan fingerprint density at radius 2 is 1.75 bits per heavy atom. The van der Waals surface area contributed by atoms with Gasteiger partial charge in [0.15, 0.2) is 0 Å². The van der Waals surface area contributed by atoms with Crippen LogP contribution < -0.4 is 10.9 Å². The standard InChI is InChI=1S/C17H27N5O6/c1-17(2,3)28-16(26)20-7-6-10(8-20)13(23)18-19-14(24)12-5-4-11-9-21(12)15(25)22(11)27/h10-12,27H,4-9H2,1-3H3,(H,18,23)(H,19,24)/t10-,11-,12+/m1/s1. The van der Waals surface area contributed by atoms with Gasteiger partial charge in [-0.25, -0.2) is 14.7 Å². The Bertz CT molecular complexity index is 677. The molecule has 0 spiro atoms. The van der Waals surface area contributed by atoms with Gasteiger partial charge in [0, 0.05) is 19.6 Å². The Morgan fingerprint density at radius 3 is 2.43 bits per heavy atom. The lowest BCUT2D eigenvalue weighted by Crippen LogP contribution is -2.55. The van der Waals surface area contributed by atoms with Gasteiger partial charge in [-0.3, -0.25) is 25.6 Å². The molecule has 3 N–H and O–H groups in total. The predicted octanol–water partition coefficient (Wildman–Crippen LogP) is 0.0486. The van der Waals surface area contributed by atoms with Crippen molar-refractivity contribution in [1.82, 2.24) is 25.7 Å². The van der Waals surface area contributed by atoms with E-state index in [0.29, 0.717) is 30.9 Å². The number of piperidine rings is 1. The lowest BCUT2D eigenvalue weighted by molar-refractivity contribution is -0.133. The molecule has 0 radical (unpaired) electrons. The van der Waals surface area contributed by atoms with Crippen LogP contribution in [-0.2, 0) is 14.3 Å². The number of nitrogens with one attached hydrogen (secondary N) is 2. The highest BCUT2D eigenvalue weighted by Crippen LogP contribution is 2.28. The van der Waals surface area contributed by atoms with Crippen LogP contribution >= 0.6 is 0 Å². The first-order valence-electron chi connectivity index (χ1n) is 9.43. The summed E-state index contributed by atoms with van der Waals surface area (Å²) in [7, 11) is 0. The maximum Gasteiger partial charge on any atom is 0.410 e. The number of urea groups is 1. The topological polar surface area (TPSA) is 132 Å². The maximum absolute atomic E-state index is 12.4. The SMILES string of the molecule is CC(C)(C)OC(=O)N1CC[C@@H](C(=O)NNC(=O)[C@@H]2CC[C@@H]3CN2C(=O)N3O)C1. The van der Waals surface area contributed by atoms with Crippen LogP contribution in [0.15, 0.2) is 0 Å². The summed E-state index contributed by atoms with van der Waals surface area (Å²) in [5, 5.41) is 10.3. The molecule has 28 heavy (non-hydrogen) atoms. The smallest absolute Gasteiger partial charge is 0.410 e. The number of hydroxylamine groups is 2. The van der Waals surface area contributed by atoms with E-state index in [1.165, 1.54) is 9.80 Å². The second kappa shape index (κ2) is 7.46. The number of nitrogens with zero attached hydrogens (tertiary/aromatic N) is 3. The van der Waals surface area contributed by atoms with Gasteiger partial charge >= 0.3 is 12.1 Å². The van der Waals surface area contributed by atoms with Crippen molar-refractivity contribution in [3.63, 3.8) is 0 Å². The molecule has 3 rings (SSSR count). The molecule has 0 saturated carbocycles. The van der Waals surface area contributed by atoms with Crippen molar-refractivity contribution in [3.8, 4) is 0 Å². The molecule has 2 bridgehead atoms. The van der Waals surface area contributed by atoms with Crippen LogP contribution in [0.4, 0.5) is 9.59 Å². The van der Waals surface area contributed by atoms with E-state index in [4.69, 9.17) is 4.74 Å². The number of carbonyl (C=O) groups excluding carboxylic acids is 4. The van der Waals surface area contributed by atoms with Crippen LogP contribution in [-0.4, -0.2) is 81.3 Å². The summed E-state index contributed by atoms with van der Waals surface area (Å²) in [6.45, 7) is 6.22. The molecule has 3 saturated heterocycles. The van der Waals surface area contributed by atoms with Crippen molar-refractivity contribution in [2.24, 2.45) is 5.92 Å².